The van der Waals surface area contributed by atoms with Gasteiger partial charge in [0, 0.05) is 7.11 Å². The van der Waals surface area contributed by atoms with E-state index in [4.69, 9.17) is 4.74 Å². The number of hydrogen-bond acceptors (Lipinski definition) is 4. The monoisotopic (exact) mass is 204 g/mol. The number of aromatic nitrogens is 4. The van der Waals surface area contributed by atoms with Gasteiger partial charge < -0.3 is 4.74 Å². The van der Waals surface area contributed by atoms with Crippen molar-refractivity contribution in [1.29, 1.82) is 0 Å². The Kier molecular flexibility index (Phi) is 2.73. The minimum Gasteiger partial charge on any atom is -0.377 e. The fourth-order valence-corrected chi connectivity index (χ4v) is 1.39. The minimum atomic E-state index is 0.404. The molecule has 15 heavy (non-hydrogen) atoms. The Bertz CT molecular complexity index is 452. The molecule has 5 nitrogen and oxygen atoms in total. The highest BCUT2D eigenvalue weighted by Crippen LogP contribution is 2.10. The van der Waals surface area contributed by atoms with Gasteiger partial charge in [0.25, 0.3) is 0 Å². The largest absolute Gasteiger partial charge is 0.377 e. The summed E-state index contributed by atoms with van der Waals surface area (Å²) < 4.78 is 6.69. The van der Waals surface area contributed by atoms with Crippen molar-refractivity contribution in [3.8, 4) is 5.69 Å². The van der Waals surface area contributed by atoms with Crippen LogP contribution in [0.25, 0.3) is 5.69 Å². The lowest BCUT2D eigenvalue weighted by Crippen LogP contribution is -2.04. The van der Waals surface area contributed by atoms with E-state index in [1.807, 2.05) is 31.2 Å². The fourth-order valence-electron chi connectivity index (χ4n) is 1.39. The lowest BCUT2D eigenvalue weighted by atomic mass is 10.2. The van der Waals surface area contributed by atoms with E-state index >= 15 is 0 Å². The lowest BCUT2D eigenvalue weighted by molar-refractivity contribution is 0.175. The molecule has 0 spiro atoms. The third-order valence-electron chi connectivity index (χ3n) is 2.05. The van der Waals surface area contributed by atoms with Gasteiger partial charge in [-0.1, -0.05) is 12.1 Å². The van der Waals surface area contributed by atoms with Crippen LogP contribution in [-0.2, 0) is 11.3 Å². The van der Waals surface area contributed by atoms with Gasteiger partial charge in [0.2, 0.25) is 0 Å². The molecule has 1 aromatic carbocycles. The van der Waals surface area contributed by atoms with Crippen LogP contribution >= 0.6 is 0 Å². The Morgan fingerprint density at radius 1 is 1.40 bits per heavy atom. The molecule has 0 atom stereocenters. The van der Waals surface area contributed by atoms with Crippen LogP contribution in [0.1, 0.15) is 11.4 Å². The summed E-state index contributed by atoms with van der Waals surface area (Å²) in [6.07, 6.45) is 0. The molecule has 1 aromatic heterocycles. The molecule has 5 heteroatoms. The number of aryl methyl sites for hydroxylation is 1. The van der Waals surface area contributed by atoms with Crippen molar-refractivity contribution in [2.45, 2.75) is 13.5 Å². The maximum Gasteiger partial charge on any atom is 0.182 e. The van der Waals surface area contributed by atoms with Crippen LogP contribution in [0, 0.1) is 6.92 Å². The van der Waals surface area contributed by atoms with Gasteiger partial charge in [-0.2, -0.15) is 4.68 Å². The van der Waals surface area contributed by atoms with Crippen LogP contribution in [0.15, 0.2) is 24.3 Å². The van der Waals surface area contributed by atoms with Crippen LogP contribution < -0.4 is 0 Å². The molecular weight excluding hydrogens is 192 g/mol. The number of nitrogens with zero attached hydrogens (tertiary/aromatic N) is 4. The van der Waals surface area contributed by atoms with Crippen LogP contribution in [-0.4, -0.2) is 27.3 Å². The Morgan fingerprint density at radius 2 is 2.27 bits per heavy atom. The summed E-state index contributed by atoms with van der Waals surface area (Å²) in [7, 11) is 1.62. The Morgan fingerprint density at radius 3 is 3.00 bits per heavy atom. The summed E-state index contributed by atoms with van der Waals surface area (Å²) in [4.78, 5) is 0. The zero-order valence-corrected chi connectivity index (χ0v) is 8.71. The minimum absolute atomic E-state index is 0.404. The van der Waals surface area contributed by atoms with Gasteiger partial charge in [0.05, 0.1) is 5.69 Å². The van der Waals surface area contributed by atoms with Gasteiger partial charge >= 0.3 is 0 Å². The average molecular weight is 204 g/mol. The van der Waals surface area contributed by atoms with E-state index in [0.29, 0.717) is 12.4 Å². The summed E-state index contributed by atoms with van der Waals surface area (Å²) in [5, 5.41) is 11.4. The number of methoxy groups -OCH3 is 1. The van der Waals surface area contributed by atoms with Gasteiger partial charge in [-0.3, -0.25) is 0 Å². The van der Waals surface area contributed by atoms with Gasteiger partial charge in [-0.05, 0) is 35.0 Å². The maximum absolute atomic E-state index is 5.02. The second kappa shape index (κ2) is 4.18. The molecule has 0 radical (unpaired) electrons. The molecule has 0 N–H and O–H groups in total. The molecule has 0 unspecified atom stereocenters. The fraction of sp³-hybridized carbons (Fsp3) is 0.300. The first-order chi connectivity index (χ1) is 7.31. The number of hydrogen-bond donors (Lipinski definition) is 0. The number of rotatable bonds is 3. The Balaban J connectivity index is 2.40. The molecule has 1 heterocycles. The van der Waals surface area contributed by atoms with Crippen LogP contribution in [0.3, 0.4) is 0 Å². The highest BCUT2D eigenvalue weighted by Gasteiger charge is 2.07. The standard InChI is InChI=1S/C10H12N4O/c1-8-4-3-5-9(6-8)14-10(7-15-2)11-12-13-14/h3-6H,7H2,1-2H3. The number of tetrazole rings is 1. The topological polar surface area (TPSA) is 52.8 Å². The molecule has 0 bridgehead atoms. The smallest absolute Gasteiger partial charge is 0.182 e. The van der Waals surface area contributed by atoms with Gasteiger partial charge in [0.15, 0.2) is 5.82 Å². The molecular formula is C10H12N4O. The van der Waals surface area contributed by atoms with Crippen molar-refractivity contribution < 1.29 is 4.74 Å². The summed E-state index contributed by atoms with van der Waals surface area (Å²) in [6.45, 7) is 2.44. The van der Waals surface area contributed by atoms with Gasteiger partial charge in [-0.15, -0.1) is 5.10 Å². The zero-order valence-electron chi connectivity index (χ0n) is 8.71. The van der Waals surface area contributed by atoms with Crippen molar-refractivity contribution in [2.75, 3.05) is 7.11 Å². The van der Waals surface area contributed by atoms with E-state index < -0.39 is 0 Å². The second-order valence-corrected chi connectivity index (χ2v) is 3.28. The molecule has 78 valence electrons. The van der Waals surface area contributed by atoms with Gasteiger partial charge in [-0.25, -0.2) is 0 Å². The molecule has 0 aliphatic heterocycles. The number of ether oxygens (including phenoxy) is 1. The summed E-state index contributed by atoms with van der Waals surface area (Å²) in [5.74, 6) is 0.697. The predicted octanol–water partition coefficient (Wildman–Crippen LogP) is 1.12. The summed E-state index contributed by atoms with van der Waals surface area (Å²) >= 11 is 0. The molecule has 2 aromatic rings. The molecule has 0 fully saturated rings. The quantitative estimate of drug-likeness (QED) is 0.751. The summed E-state index contributed by atoms with van der Waals surface area (Å²) in [6, 6.07) is 7.99. The molecule has 0 saturated carbocycles. The lowest BCUT2D eigenvalue weighted by Gasteiger charge is -2.04. The van der Waals surface area contributed by atoms with Crippen molar-refractivity contribution in [1.82, 2.24) is 20.2 Å². The zero-order chi connectivity index (χ0) is 10.7. The van der Waals surface area contributed by atoms with Crippen LogP contribution in [0.5, 0.6) is 0 Å². The Hall–Kier alpha value is -1.75. The normalized spacial score (nSPS) is 10.5. The maximum atomic E-state index is 5.02. The average Bonchev–Trinajstić information content (AvgIpc) is 2.66. The van der Waals surface area contributed by atoms with E-state index in [2.05, 4.69) is 15.5 Å². The van der Waals surface area contributed by atoms with Crippen LogP contribution in [0.4, 0.5) is 0 Å². The predicted molar refractivity (Wildman–Crippen MR) is 54.6 cm³/mol. The van der Waals surface area contributed by atoms with E-state index in [1.165, 1.54) is 5.56 Å². The SMILES string of the molecule is COCc1nnnn1-c1cccc(C)c1. The molecule has 0 saturated heterocycles. The first-order valence-electron chi connectivity index (χ1n) is 4.64. The van der Waals surface area contributed by atoms with Crippen molar-refractivity contribution in [3.05, 3.63) is 35.7 Å². The Labute approximate surface area is 87.7 Å². The summed E-state index contributed by atoms with van der Waals surface area (Å²) in [5.41, 5.74) is 2.12. The molecule has 0 aliphatic rings. The first kappa shape index (κ1) is 9.79. The molecule has 0 amide bonds. The molecule has 2 rings (SSSR count). The third kappa shape index (κ3) is 2.02. The highest BCUT2D eigenvalue weighted by atomic mass is 16.5. The highest BCUT2D eigenvalue weighted by molar-refractivity contribution is 5.34. The van der Waals surface area contributed by atoms with Crippen molar-refractivity contribution in [3.63, 3.8) is 0 Å². The van der Waals surface area contributed by atoms with Crippen LogP contribution in [0.2, 0.25) is 0 Å². The second-order valence-electron chi connectivity index (χ2n) is 3.28. The first-order valence-corrected chi connectivity index (χ1v) is 4.64. The van der Waals surface area contributed by atoms with Crippen molar-refractivity contribution >= 4 is 0 Å². The van der Waals surface area contributed by atoms with E-state index in [-0.39, 0.29) is 0 Å². The molecule has 0 aliphatic carbocycles. The van der Waals surface area contributed by atoms with E-state index in [0.717, 1.165) is 5.69 Å². The van der Waals surface area contributed by atoms with Gasteiger partial charge in [0.1, 0.15) is 6.61 Å². The van der Waals surface area contributed by atoms with Crippen molar-refractivity contribution in [2.24, 2.45) is 0 Å². The number of benzene rings is 1. The van der Waals surface area contributed by atoms with E-state index in [9.17, 15) is 0 Å². The van der Waals surface area contributed by atoms with E-state index in [1.54, 1.807) is 11.8 Å². The third-order valence-corrected chi connectivity index (χ3v) is 2.05.